The molecule has 1 aromatic rings. The predicted molar refractivity (Wildman–Crippen MR) is 68.8 cm³/mol. The van der Waals surface area contributed by atoms with E-state index in [1.54, 1.807) is 11.3 Å². The summed E-state index contributed by atoms with van der Waals surface area (Å²) in [5.41, 5.74) is 3.30. The standard InChI is InChI=1S/C13H17ClS/c1-13(2)7-11(6-12(14)8-13)5-10-3-4-15-9-10/h3-4,6,9,12H,5,7-8H2,1-2H3. The summed E-state index contributed by atoms with van der Waals surface area (Å²) in [5, 5.41) is 4.59. The van der Waals surface area contributed by atoms with Gasteiger partial charge in [0.2, 0.25) is 0 Å². The molecule has 0 spiro atoms. The first-order valence-electron chi connectivity index (χ1n) is 5.40. The highest BCUT2D eigenvalue weighted by Gasteiger charge is 2.27. The molecule has 0 N–H and O–H groups in total. The minimum atomic E-state index is 0.224. The van der Waals surface area contributed by atoms with Crippen LogP contribution in [-0.2, 0) is 6.42 Å². The Morgan fingerprint density at radius 1 is 1.53 bits per heavy atom. The van der Waals surface area contributed by atoms with Gasteiger partial charge in [0.1, 0.15) is 0 Å². The van der Waals surface area contributed by atoms with Gasteiger partial charge >= 0.3 is 0 Å². The Hall–Kier alpha value is -0.270. The average Bonchev–Trinajstić information content (AvgIpc) is 2.52. The largest absolute Gasteiger partial charge is 0.152 e. The summed E-state index contributed by atoms with van der Waals surface area (Å²) in [4.78, 5) is 0. The van der Waals surface area contributed by atoms with Gasteiger partial charge in [0, 0.05) is 0 Å². The molecule has 1 aliphatic rings. The number of halogens is 1. The maximum atomic E-state index is 6.26. The second kappa shape index (κ2) is 4.31. The van der Waals surface area contributed by atoms with Crippen LogP contribution in [-0.4, -0.2) is 5.38 Å². The molecule has 0 nitrogen and oxygen atoms in total. The Labute approximate surface area is 101 Å². The summed E-state index contributed by atoms with van der Waals surface area (Å²) in [7, 11) is 0. The third-order valence-electron chi connectivity index (χ3n) is 2.88. The van der Waals surface area contributed by atoms with E-state index in [2.05, 4.69) is 36.7 Å². The molecular formula is C13H17ClS. The number of hydrogen-bond acceptors (Lipinski definition) is 1. The molecule has 1 heterocycles. The van der Waals surface area contributed by atoms with Crippen molar-refractivity contribution in [1.29, 1.82) is 0 Å². The Morgan fingerprint density at radius 2 is 2.33 bits per heavy atom. The number of hydrogen-bond donors (Lipinski definition) is 0. The monoisotopic (exact) mass is 240 g/mol. The normalized spacial score (nSPS) is 25.0. The van der Waals surface area contributed by atoms with Crippen molar-refractivity contribution in [3.05, 3.63) is 34.0 Å². The molecule has 0 aromatic carbocycles. The van der Waals surface area contributed by atoms with Gasteiger partial charge in [-0.3, -0.25) is 0 Å². The zero-order valence-electron chi connectivity index (χ0n) is 9.29. The molecule has 1 aliphatic carbocycles. The van der Waals surface area contributed by atoms with Gasteiger partial charge in [-0.2, -0.15) is 11.3 Å². The van der Waals surface area contributed by atoms with Gasteiger partial charge in [-0.05, 0) is 47.1 Å². The maximum absolute atomic E-state index is 6.26. The third kappa shape index (κ3) is 3.09. The van der Waals surface area contributed by atoms with Crippen molar-refractivity contribution in [1.82, 2.24) is 0 Å². The lowest BCUT2D eigenvalue weighted by atomic mass is 9.76. The van der Waals surface area contributed by atoms with E-state index in [0.717, 1.165) is 12.8 Å². The van der Waals surface area contributed by atoms with Crippen LogP contribution in [0, 0.1) is 5.41 Å². The van der Waals surface area contributed by atoms with Crippen LogP contribution in [0.2, 0.25) is 0 Å². The fraction of sp³-hybridized carbons (Fsp3) is 0.538. The molecule has 2 rings (SSSR count). The molecule has 0 fully saturated rings. The van der Waals surface area contributed by atoms with Gasteiger partial charge in [0.05, 0.1) is 5.38 Å². The van der Waals surface area contributed by atoms with Crippen molar-refractivity contribution in [2.24, 2.45) is 5.41 Å². The zero-order chi connectivity index (χ0) is 10.9. The van der Waals surface area contributed by atoms with E-state index in [1.807, 2.05) is 0 Å². The van der Waals surface area contributed by atoms with Crippen LogP contribution < -0.4 is 0 Å². The van der Waals surface area contributed by atoms with Crippen molar-refractivity contribution >= 4 is 22.9 Å². The second-order valence-electron chi connectivity index (χ2n) is 5.19. The molecular weight excluding hydrogens is 224 g/mol. The molecule has 1 unspecified atom stereocenters. The molecule has 0 bridgehead atoms. The predicted octanol–water partition coefficient (Wildman–Crippen LogP) is 4.64. The van der Waals surface area contributed by atoms with E-state index in [0.29, 0.717) is 5.41 Å². The van der Waals surface area contributed by atoms with Crippen LogP contribution in [0.15, 0.2) is 28.5 Å². The minimum absolute atomic E-state index is 0.224. The lowest BCUT2D eigenvalue weighted by Gasteiger charge is -2.32. The van der Waals surface area contributed by atoms with Gasteiger partial charge in [-0.25, -0.2) is 0 Å². The molecule has 0 aliphatic heterocycles. The molecule has 1 aromatic heterocycles. The summed E-state index contributed by atoms with van der Waals surface area (Å²) in [6, 6.07) is 2.20. The van der Waals surface area contributed by atoms with Gasteiger partial charge in [0.15, 0.2) is 0 Å². The molecule has 0 saturated carbocycles. The lowest BCUT2D eigenvalue weighted by molar-refractivity contribution is 0.320. The fourth-order valence-electron chi connectivity index (χ4n) is 2.37. The van der Waals surface area contributed by atoms with Crippen LogP contribution >= 0.6 is 22.9 Å². The Bertz CT molecular complexity index is 349. The van der Waals surface area contributed by atoms with Crippen LogP contribution in [0.5, 0.6) is 0 Å². The van der Waals surface area contributed by atoms with Crippen LogP contribution in [0.25, 0.3) is 0 Å². The van der Waals surface area contributed by atoms with Gasteiger partial charge < -0.3 is 0 Å². The highest BCUT2D eigenvalue weighted by atomic mass is 35.5. The highest BCUT2D eigenvalue weighted by Crippen LogP contribution is 2.38. The quantitative estimate of drug-likeness (QED) is 0.522. The molecule has 82 valence electrons. The van der Waals surface area contributed by atoms with Crippen molar-refractivity contribution in [2.45, 2.75) is 38.5 Å². The van der Waals surface area contributed by atoms with Crippen molar-refractivity contribution < 1.29 is 0 Å². The SMILES string of the molecule is CC1(C)CC(Cc2ccsc2)=CC(Cl)C1. The Kier molecular flexibility index (Phi) is 3.22. The van der Waals surface area contributed by atoms with Crippen LogP contribution in [0.1, 0.15) is 32.3 Å². The Balaban J connectivity index is 2.09. The smallest absolute Gasteiger partial charge is 0.0523 e. The molecule has 2 heteroatoms. The number of rotatable bonds is 2. The fourth-order valence-corrected chi connectivity index (χ4v) is 3.63. The number of allylic oxidation sites excluding steroid dienone is 2. The second-order valence-corrected chi connectivity index (χ2v) is 6.54. The molecule has 0 radical (unpaired) electrons. The van der Waals surface area contributed by atoms with E-state index >= 15 is 0 Å². The molecule has 1 atom stereocenters. The summed E-state index contributed by atoms with van der Waals surface area (Å²) in [6.45, 7) is 4.62. The first-order valence-corrected chi connectivity index (χ1v) is 6.78. The average molecular weight is 241 g/mol. The minimum Gasteiger partial charge on any atom is -0.152 e. The van der Waals surface area contributed by atoms with Crippen LogP contribution in [0.3, 0.4) is 0 Å². The third-order valence-corrected chi connectivity index (χ3v) is 3.89. The Morgan fingerprint density at radius 3 is 2.93 bits per heavy atom. The van der Waals surface area contributed by atoms with E-state index in [1.165, 1.54) is 17.6 Å². The molecule has 0 saturated heterocycles. The highest BCUT2D eigenvalue weighted by molar-refractivity contribution is 7.07. The van der Waals surface area contributed by atoms with Crippen molar-refractivity contribution in [2.75, 3.05) is 0 Å². The summed E-state index contributed by atoms with van der Waals surface area (Å²) >= 11 is 8.03. The summed E-state index contributed by atoms with van der Waals surface area (Å²) in [5.74, 6) is 0. The van der Waals surface area contributed by atoms with E-state index < -0.39 is 0 Å². The number of alkyl halides is 1. The topological polar surface area (TPSA) is 0 Å². The lowest BCUT2D eigenvalue weighted by Crippen LogP contribution is -2.22. The maximum Gasteiger partial charge on any atom is 0.0523 e. The van der Waals surface area contributed by atoms with Gasteiger partial charge in [0.25, 0.3) is 0 Å². The molecule has 15 heavy (non-hydrogen) atoms. The molecule has 0 amide bonds. The zero-order valence-corrected chi connectivity index (χ0v) is 10.9. The van der Waals surface area contributed by atoms with E-state index in [4.69, 9.17) is 11.6 Å². The van der Waals surface area contributed by atoms with Crippen molar-refractivity contribution in [3.63, 3.8) is 0 Å². The first kappa shape index (κ1) is 11.2. The van der Waals surface area contributed by atoms with Crippen molar-refractivity contribution in [3.8, 4) is 0 Å². The van der Waals surface area contributed by atoms with Gasteiger partial charge in [-0.15, -0.1) is 11.6 Å². The van der Waals surface area contributed by atoms with Gasteiger partial charge in [-0.1, -0.05) is 25.5 Å². The number of thiophene rings is 1. The summed E-state index contributed by atoms with van der Waals surface area (Å²) < 4.78 is 0. The first-order chi connectivity index (χ1) is 7.05. The van der Waals surface area contributed by atoms with E-state index in [9.17, 15) is 0 Å². The summed E-state index contributed by atoms with van der Waals surface area (Å²) in [6.07, 6.45) is 5.62. The van der Waals surface area contributed by atoms with E-state index in [-0.39, 0.29) is 5.38 Å². The van der Waals surface area contributed by atoms with Crippen LogP contribution in [0.4, 0.5) is 0 Å².